The number of halogens is 3. The molecule has 1 aliphatic rings. The summed E-state index contributed by atoms with van der Waals surface area (Å²) < 4.78 is 43.5. The Hall–Kier alpha value is -1.80. The molecule has 0 radical (unpaired) electrons. The van der Waals surface area contributed by atoms with Crippen molar-refractivity contribution in [3.8, 4) is 0 Å². The predicted octanol–water partition coefficient (Wildman–Crippen LogP) is -0.962. The van der Waals surface area contributed by atoms with E-state index in [0.29, 0.717) is 4.90 Å². The molecule has 0 aromatic carbocycles. The van der Waals surface area contributed by atoms with Crippen LogP contribution in [0.5, 0.6) is 0 Å². The Morgan fingerprint density at radius 1 is 1.42 bits per heavy atom. The van der Waals surface area contributed by atoms with Gasteiger partial charge in [0.2, 0.25) is 0 Å². The Morgan fingerprint density at radius 3 is 2.54 bits per heavy atom. The zero-order chi connectivity index (χ0) is 19.8. The highest BCUT2D eigenvalue weighted by molar-refractivity contribution is 7.71. The zero-order valence-electron chi connectivity index (χ0n) is 13.3. The molecule has 0 bridgehead atoms. The Labute approximate surface area is 149 Å². The number of aliphatic hydroxyl groups excluding tert-OH is 3. The number of carbonyl (C=O) groups excluding carboxylic acids is 1. The van der Waals surface area contributed by atoms with E-state index in [0.717, 1.165) is 17.8 Å². The van der Waals surface area contributed by atoms with Gasteiger partial charge in [0.1, 0.15) is 18.3 Å². The van der Waals surface area contributed by atoms with Gasteiger partial charge in [-0.25, -0.2) is 0 Å². The molecule has 4 N–H and O–H groups in total. The van der Waals surface area contributed by atoms with Crippen molar-refractivity contribution < 1.29 is 38.0 Å². The lowest BCUT2D eigenvalue weighted by Gasteiger charge is -2.21. The number of amides is 1. The van der Waals surface area contributed by atoms with Crippen molar-refractivity contribution >= 4 is 18.1 Å². The lowest BCUT2D eigenvalue weighted by molar-refractivity contribution is -0.184. The van der Waals surface area contributed by atoms with Gasteiger partial charge in [-0.15, -0.1) is 0 Å². The molecule has 1 aromatic heterocycles. The number of H-pyrrole nitrogens is 1. The maximum absolute atomic E-state index is 12.5. The van der Waals surface area contributed by atoms with E-state index < -0.39 is 55.3 Å². The van der Waals surface area contributed by atoms with Gasteiger partial charge in [-0.2, -0.15) is 13.2 Å². The highest BCUT2D eigenvalue weighted by atomic mass is 32.1. The lowest BCUT2D eigenvalue weighted by atomic mass is 10.1. The van der Waals surface area contributed by atoms with E-state index in [4.69, 9.17) is 22.1 Å². The van der Waals surface area contributed by atoms with Crippen LogP contribution in [0.4, 0.5) is 13.2 Å². The third kappa shape index (κ3) is 3.96. The number of hydrogen-bond acceptors (Lipinski definition) is 7. The molecule has 9 nitrogen and oxygen atoms in total. The van der Waals surface area contributed by atoms with Gasteiger partial charge in [0.25, 0.3) is 5.56 Å². The molecule has 1 aromatic rings. The summed E-state index contributed by atoms with van der Waals surface area (Å²) in [6.07, 6.45) is -9.40. The van der Waals surface area contributed by atoms with Crippen LogP contribution >= 0.6 is 12.2 Å². The summed E-state index contributed by atoms with van der Waals surface area (Å²) in [5.41, 5.74) is -1.07. The maximum Gasteiger partial charge on any atom is 0.471 e. The third-order valence-corrected chi connectivity index (χ3v) is 4.14. The number of aromatic amines is 1. The molecule has 2 heterocycles. The van der Waals surface area contributed by atoms with Crippen molar-refractivity contribution in [2.45, 2.75) is 37.3 Å². The van der Waals surface area contributed by atoms with Crippen molar-refractivity contribution in [1.29, 1.82) is 0 Å². The minimum Gasteiger partial charge on any atom is -0.394 e. The van der Waals surface area contributed by atoms with Crippen LogP contribution in [0.2, 0.25) is 0 Å². The van der Waals surface area contributed by atoms with E-state index in [2.05, 4.69) is 4.98 Å². The summed E-state index contributed by atoms with van der Waals surface area (Å²) in [4.78, 5) is 25.6. The number of aliphatic hydroxyl groups is 3. The molecule has 26 heavy (non-hydrogen) atoms. The second kappa shape index (κ2) is 7.44. The number of nitrogens with one attached hydrogen (secondary N) is 1. The minimum absolute atomic E-state index is 0.224. The Kier molecular flexibility index (Phi) is 5.87. The fourth-order valence-corrected chi connectivity index (χ4v) is 2.73. The molecule has 2 rings (SSSR count). The molecule has 0 aliphatic carbocycles. The fraction of sp³-hybridized carbons (Fsp3) is 0.615. The molecule has 1 fully saturated rings. The summed E-state index contributed by atoms with van der Waals surface area (Å²) in [7, 11) is 0.869. The number of alkyl halides is 3. The number of nitrogens with zero attached hydrogens (tertiary/aromatic N) is 2. The van der Waals surface area contributed by atoms with E-state index in [1.165, 1.54) is 0 Å². The first-order valence-corrected chi connectivity index (χ1v) is 7.67. The van der Waals surface area contributed by atoms with Gasteiger partial charge in [-0.3, -0.25) is 19.1 Å². The topological polar surface area (TPSA) is 128 Å². The molecule has 1 amide bonds. The van der Waals surface area contributed by atoms with Gasteiger partial charge in [-0.1, -0.05) is 0 Å². The average Bonchev–Trinajstić information content (AvgIpc) is 2.83. The van der Waals surface area contributed by atoms with Crippen molar-refractivity contribution in [3.63, 3.8) is 0 Å². The monoisotopic (exact) mass is 399 g/mol. The van der Waals surface area contributed by atoms with Crippen molar-refractivity contribution in [2.24, 2.45) is 0 Å². The van der Waals surface area contributed by atoms with Gasteiger partial charge in [0, 0.05) is 13.2 Å². The third-order valence-electron chi connectivity index (χ3n) is 3.83. The van der Waals surface area contributed by atoms with Crippen LogP contribution in [0.25, 0.3) is 0 Å². The highest BCUT2D eigenvalue weighted by Gasteiger charge is 2.44. The first-order chi connectivity index (χ1) is 12.0. The molecule has 0 saturated carbocycles. The van der Waals surface area contributed by atoms with E-state index in [9.17, 15) is 33.0 Å². The van der Waals surface area contributed by atoms with Gasteiger partial charge in [0.15, 0.2) is 11.0 Å². The van der Waals surface area contributed by atoms with Crippen LogP contribution in [0.15, 0.2) is 11.0 Å². The van der Waals surface area contributed by atoms with Crippen LogP contribution < -0.4 is 5.56 Å². The highest BCUT2D eigenvalue weighted by Crippen LogP contribution is 2.29. The lowest BCUT2D eigenvalue weighted by Crippen LogP contribution is -2.39. The first kappa shape index (κ1) is 20.5. The van der Waals surface area contributed by atoms with Crippen LogP contribution in [-0.4, -0.2) is 73.8 Å². The Bertz CT molecular complexity index is 795. The van der Waals surface area contributed by atoms with Gasteiger partial charge in [-0.05, 0) is 12.2 Å². The minimum atomic E-state index is -5.10. The zero-order valence-corrected chi connectivity index (χ0v) is 14.1. The van der Waals surface area contributed by atoms with Crippen molar-refractivity contribution in [2.75, 3.05) is 13.7 Å². The number of ether oxygens (including phenoxy) is 1. The molecule has 0 spiro atoms. The van der Waals surface area contributed by atoms with E-state index in [1.807, 2.05) is 0 Å². The second-order valence-electron chi connectivity index (χ2n) is 5.71. The number of aromatic nitrogens is 2. The first-order valence-electron chi connectivity index (χ1n) is 7.26. The molecule has 1 aliphatic heterocycles. The van der Waals surface area contributed by atoms with Crippen LogP contribution in [0.1, 0.15) is 11.8 Å². The summed E-state index contributed by atoms with van der Waals surface area (Å²) in [6.45, 7) is -1.28. The van der Waals surface area contributed by atoms with Crippen LogP contribution in [0, 0.1) is 4.77 Å². The summed E-state index contributed by atoms with van der Waals surface area (Å²) >= 11 is 4.94. The van der Waals surface area contributed by atoms with E-state index in [1.54, 1.807) is 0 Å². The number of carbonyl (C=O) groups is 1. The van der Waals surface area contributed by atoms with Crippen LogP contribution in [-0.2, 0) is 16.1 Å². The van der Waals surface area contributed by atoms with E-state index >= 15 is 0 Å². The normalized spacial score (nSPS) is 26.1. The van der Waals surface area contributed by atoms with Crippen LogP contribution in [0.3, 0.4) is 0 Å². The quantitative estimate of drug-likeness (QED) is 0.480. The largest absolute Gasteiger partial charge is 0.471 e. The summed E-state index contributed by atoms with van der Waals surface area (Å²) in [5.74, 6) is -2.14. The summed E-state index contributed by atoms with van der Waals surface area (Å²) in [5, 5.41) is 28.9. The summed E-state index contributed by atoms with van der Waals surface area (Å²) in [6, 6.07) is 0. The van der Waals surface area contributed by atoms with Gasteiger partial charge in [0.05, 0.1) is 18.7 Å². The molecular weight excluding hydrogens is 383 g/mol. The van der Waals surface area contributed by atoms with Gasteiger partial charge < -0.3 is 25.0 Å². The molecule has 4 atom stereocenters. The van der Waals surface area contributed by atoms with E-state index in [-0.39, 0.29) is 10.3 Å². The van der Waals surface area contributed by atoms with Crippen molar-refractivity contribution in [3.05, 3.63) is 26.9 Å². The molecular formula is C13H16F3N3O6S. The Morgan fingerprint density at radius 2 is 2.04 bits per heavy atom. The van der Waals surface area contributed by atoms with Crippen molar-refractivity contribution in [1.82, 2.24) is 14.5 Å². The predicted molar refractivity (Wildman–Crippen MR) is 81.4 cm³/mol. The SMILES string of the molecule is CN(Cc1cn([C@@H]2OC(CO)C(O)C2O)c(=S)[nH]c1=O)C(=O)C(F)(F)F. The molecule has 146 valence electrons. The standard InChI is InChI=1S/C13H16F3N3O6S/c1-18(11(24)13(14,15)16)2-5-3-19(12(26)17-9(5)23)10-8(22)7(21)6(4-20)25-10/h3,6-8,10,20-22H,2,4H2,1H3,(H,17,23,26)/t6?,7?,8?,10-/m1/s1. The maximum atomic E-state index is 12.5. The van der Waals surface area contributed by atoms with Gasteiger partial charge >= 0.3 is 12.1 Å². The average molecular weight is 399 g/mol. The molecule has 3 unspecified atom stereocenters. The number of rotatable bonds is 4. The smallest absolute Gasteiger partial charge is 0.394 e. The molecule has 1 saturated heterocycles. The Balaban J connectivity index is 2.34. The molecule has 13 heteroatoms. The second-order valence-corrected chi connectivity index (χ2v) is 6.10. The number of hydrogen-bond donors (Lipinski definition) is 4. The fourth-order valence-electron chi connectivity index (χ4n) is 2.48.